The van der Waals surface area contributed by atoms with E-state index < -0.39 is 0 Å². The first-order valence-corrected chi connectivity index (χ1v) is 15.7. The van der Waals surface area contributed by atoms with Gasteiger partial charge in [0.1, 0.15) is 0 Å². The predicted octanol–water partition coefficient (Wildman–Crippen LogP) is 8.55. The Labute approximate surface area is 225 Å². The van der Waals surface area contributed by atoms with Crippen molar-refractivity contribution in [2.75, 3.05) is 46.1 Å². The van der Waals surface area contributed by atoms with Crippen molar-refractivity contribution in [2.45, 2.75) is 135 Å². The van der Waals surface area contributed by atoms with Crippen molar-refractivity contribution in [2.24, 2.45) is 0 Å². The maximum absolute atomic E-state index is 6.35. The lowest BCUT2D eigenvalue weighted by atomic mass is 9.89. The topological polar surface area (TPSA) is 39.7 Å². The van der Waals surface area contributed by atoms with Gasteiger partial charge < -0.3 is 19.5 Å². The summed E-state index contributed by atoms with van der Waals surface area (Å²) in [5.41, 5.74) is -0.129. The molecule has 1 aliphatic rings. The molecule has 0 spiro atoms. The second-order valence-electron chi connectivity index (χ2n) is 10.6. The predicted molar refractivity (Wildman–Crippen MR) is 156 cm³/mol. The van der Waals surface area contributed by atoms with E-state index in [9.17, 15) is 0 Å². The van der Waals surface area contributed by atoms with E-state index in [1.165, 1.54) is 103 Å². The van der Waals surface area contributed by atoms with E-state index >= 15 is 0 Å². The molecule has 212 valence electrons. The molecule has 0 fully saturated rings. The highest BCUT2D eigenvalue weighted by Crippen LogP contribution is 2.29. The highest BCUT2D eigenvalue weighted by molar-refractivity contribution is 5.18. The summed E-state index contributed by atoms with van der Waals surface area (Å²) in [5.74, 6) is 0. The lowest BCUT2D eigenvalue weighted by Crippen LogP contribution is -2.32. The zero-order valence-corrected chi connectivity index (χ0v) is 24.2. The second kappa shape index (κ2) is 25.9. The van der Waals surface area contributed by atoms with Crippen molar-refractivity contribution in [3.8, 4) is 0 Å². The van der Waals surface area contributed by atoms with Crippen LogP contribution in [0.1, 0.15) is 129 Å². The molecule has 1 unspecified atom stereocenters. The second-order valence-corrected chi connectivity index (χ2v) is 10.6. The Bertz CT molecular complexity index is 508. The van der Waals surface area contributed by atoms with Gasteiger partial charge in [-0.15, -0.1) is 0 Å². The Kier molecular flexibility index (Phi) is 24.0. The first kappa shape index (κ1) is 33.3. The minimum Gasteiger partial charge on any atom is -0.378 e. The van der Waals surface area contributed by atoms with Gasteiger partial charge in [0.05, 0.1) is 38.6 Å². The first-order chi connectivity index (χ1) is 17.8. The number of rotatable bonds is 28. The average molecular weight is 508 g/mol. The lowest BCUT2D eigenvalue weighted by molar-refractivity contribution is -0.0495. The molecular formula is C32H61NO3. The van der Waals surface area contributed by atoms with Crippen molar-refractivity contribution < 1.29 is 14.2 Å². The van der Waals surface area contributed by atoms with Crippen molar-refractivity contribution in [1.82, 2.24) is 5.32 Å². The standard InChI is InChI=1S/C32H61NO3/c1-3-5-7-9-11-12-13-14-15-18-22-32(23-19-17-20-24-32)36-31-30-35-29-28-34-27-26-33-25-21-16-10-8-6-4-2/h17,19-20,23,33H,3-16,18,21-22,24-31H2,1-2H3. The van der Waals surface area contributed by atoms with Crippen LogP contribution < -0.4 is 5.32 Å². The first-order valence-electron chi connectivity index (χ1n) is 15.7. The molecule has 1 N–H and O–H groups in total. The van der Waals surface area contributed by atoms with E-state index in [-0.39, 0.29) is 5.60 Å². The fourth-order valence-corrected chi connectivity index (χ4v) is 4.85. The normalized spacial score (nSPS) is 17.3. The quantitative estimate of drug-likeness (QED) is 0.108. The van der Waals surface area contributed by atoms with Crippen LogP contribution in [0.25, 0.3) is 0 Å². The van der Waals surface area contributed by atoms with Gasteiger partial charge >= 0.3 is 0 Å². The van der Waals surface area contributed by atoms with Gasteiger partial charge in [-0.25, -0.2) is 0 Å². The molecule has 1 atom stereocenters. The van der Waals surface area contributed by atoms with Crippen LogP contribution in [-0.2, 0) is 14.2 Å². The number of ether oxygens (including phenoxy) is 3. The molecule has 0 saturated heterocycles. The monoisotopic (exact) mass is 507 g/mol. The molecule has 0 radical (unpaired) electrons. The Balaban J connectivity index is 1.94. The number of hydrogen-bond acceptors (Lipinski definition) is 4. The molecule has 1 rings (SSSR count). The summed E-state index contributed by atoms with van der Waals surface area (Å²) in [6.45, 7) is 9.93. The number of nitrogens with one attached hydrogen (secondary N) is 1. The summed E-state index contributed by atoms with van der Waals surface area (Å²) in [5, 5.41) is 3.47. The lowest BCUT2D eigenvalue weighted by Gasteiger charge is -2.31. The fraction of sp³-hybridized carbons (Fsp3) is 0.875. The molecule has 0 aromatic carbocycles. The maximum atomic E-state index is 6.35. The van der Waals surface area contributed by atoms with Crippen molar-refractivity contribution in [3.05, 3.63) is 24.3 Å². The fourth-order valence-electron chi connectivity index (χ4n) is 4.85. The molecule has 36 heavy (non-hydrogen) atoms. The van der Waals surface area contributed by atoms with E-state index in [4.69, 9.17) is 14.2 Å². The van der Waals surface area contributed by atoms with Crippen molar-refractivity contribution in [1.29, 1.82) is 0 Å². The third kappa shape index (κ3) is 20.4. The van der Waals surface area contributed by atoms with Gasteiger partial charge in [-0.3, -0.25) is 0 Å². The minimum absolute atomic E-state index is 0.129. The van der Waals surface area contributed by atoms with E-state index in [1.807, 2.05) is 0 Å². The number of allylic oxidation sites excluding steroid dienone is 2. The van der Waals surface area contributed by atoms with Crippen LogP contribution in [0.15, 0.2) is 24.3 Å². The van der Waals surface area contributed by atoms with Crippen LogP contribution in [0.5, 0.6) is 0 Å². The molecule has 0 aromatic rings. The van der Waals surface area contributed by atoms with Gasteiger partial charge in [0.15, 0.2) is 0 Å². The van der Waals surface area contributed by atoms with E-state index in [2.05, 4.69) is 43.5 Å². The molecule has 0 saturated carbocycles. The van der Waals surface area contributed by atoms with E-state index in [1.54, 1.807) is 0 Å². The molecule has 0 amide bonds. The molecule has 4 heteroatoms. The largest absolute Gasteiger partial charge is 0.378 e. The molecule has 0 aromatic heterocycles. The third-order valence-electron chi connectivity index (χ3n) is 7.18. The number of hydrogen-bond donors (Lipinski definition) is 1. The molecule has 4 nitrogen and oxygen atoms in total. The van der Waals surface area contributed by atoms with Crippen LogP contribution in [0.3, 0.4) is 0 Å². The third-order valence-corrected chi connectivity index (χ3v) is 7.18. The van der Waals surface area contributed by atoms with Crippen LogP contribution >= 0.6 is 0 Å². The van der Waals surface area contributed by atoms with Crippen molar-refractivity contribution >= 4 is 0 Å². The zero-order valence-electron chi connectivity index (χ0n) is 24.2. The molecule has 1 aliphatic carbocycles. The van der Waals surface area contributed by atoms with Gasteiger partial charge in [-0.2, -0.15) is 0 Å². The van der Waals surface area contributed by atoms with Gasteiger partial charge in [-0.1, -0.05) is 134 Å². The molecule has 0 heterocycles. The summed E-state index contributed by atoms with van der Waals surface area (Å²) >= 11 is 0. The number of unbranched alkanes of at least 4 members (excludes halogenated alkanes) is 14. The summed E-state index contributed by atoms with van der Waals surface area (Å²) in [6.07, 6.45) is 32.7. The van der Waals surface area contributed by atoms with Gasteiger partial charge in [0, 0.05) is 6.54 Å². The smallest absolute Gasteiger partial charge is 0.0901 e. The summed E-state index contributed by atoms with van der Waals surface area (Å²) in [7, 11) is 0. The summed E-state index contributed by atoms with van der Waals surface area (Å²) in [6, 6.07) is 0. The molecule has 0 bridgehead atoms. The Morgan fingerprint density at radius 3 is 1.75 bits per heavy atom. The molecular weight excluding hydrogens is 446 g/mol. The Morgan fingerprint density at radius 1 is 0.583 bits per heavy atom. The van der Waals surface area contributed by atoms with E-state index in [0.717, 1.165) is 32.5 Å². The van der Waals surface area contributed by atoms with E-state index in [0.29, 0.717) is 26.4 Å². The molecule has 0 aliphatic heterocycles. The SMILES string of the molecule is CCCCCCCCCCCCC1(OCCOCCOCCNCCCCCCCC)C=CC=CC1. The minimum atomic E-state index is -0.129. The zero-order chi connectivity index (χ0) is 25.8. The summed E-state index contributed by atoms with van der Waals surface area (Å²) < 4.78 is 17.8. The van der Waals surface area contributed by atoms with Crippen LogP contribution in [0.4, 0.5) is 0 Å². The maximum Gasteiger partial charge on any atom is 0.0901 e. The van der Waals surface area contributed by atoms with Crippen LogP contribution in [-0.4, -0.2) is 51.7 Å². The van der Waals surface area contributed by atoms with Crippen LogP contribution in [0, 0.1) is 0 Å². The van der Waals surface area contributed by atoms with Crippen LogP contribution in [0.2, 0.25) is 0 Å². The van der Waals surface area contributed by atoms with Gasteiger partial charge in [0.2, 0.25) is 0 Å². The van der Waals surface area contributed by atoms with Crippen molar-refractivity contribution in [3.63, 3.8) is 0 Å². The van der Waals surface area contributed by atoms with Gasteiger partial charge in [-0.05, 0) is 25.8 Å². The van der Waals surface area contributed by atoms with Gasteiger partial charge in [0.25, 0.3) is 0 Å². The average Bonchev–Trinajstić information content (AvgIpc) is 2.90. The highest BCUT2D eigenvalue weighted by atomic mass is 16.5. The summed E-state index contributed by atoms with van der Waals surface area (Å²) in [4.78, 5) is 0. The highest BCUT2D eigenvalue weighted by Gasteiger charge is 2.27. The Morgan fingerprint density at radius 2 is 1.14 bits per heavy atom. The Hall–Kier alpha value is -0.680.